The van der Waals surface area contributed by atoms with Gasteiger partial charge in [-0.1, -0.05) is 12.2 Å². The van der Waals surface area contributed by atoms with Gasteiger partial charge in [0.2, 0.25) is 5.95 Å². The van der Waals surface area contributed by atoms with Crippen LogP contribution in [0.5, 0.6) is 0 Å². The number of hydrogen-bond acceptors (Lipinski definition) is 15. The lowest BCUT2D eigenvalue weighted by Gasteiger charge is -2.29. The molecule has 1 aliphatic carbocycles. The summed E-state index contributed by atoms with van der Waals surface area (Å²) < 4.78 is 47.6. The second-order valence-corrected chi connectivity index (χ2v) is 14.0. The molecule has 6 heterocycles. The maximum atomic E-state index is 15.1. The van der Waals surface area contributed by atoms with E-state index >= 15 is 4.39 Å². The molecule has 4 aromatic heterocycles. The van der Waals surface area contributed by atoms with E-state index in [4.69, 9.17) is 19.5 Å². The maximum Gasteiger partial charge on any atom is 0.386 e. The lowest BCUT2D eigenvalue weighted by Crippen LogP contribution is -2.38. The molecule has 0 bridgehead atoms. The summed E-state index contributed by atoms with van der Waals surface area (Å²) in [4.78, 5) is 44.8. The molecule has 7 N–H and O–H groups in total. The van der Waals surface area contributed by atoms with Gasteiger partial charge in [0.15, 0.2) is 34.7 Å². The Morgan fingerprint density at radius 3 is 2.67 bits per heavy atom. The number of aliphatic hydroxyl groups excluding tert-OH is 2. The van der Waals surface area contributed by atoms with E-state index in [9.17, 15) is 29.5 Å². The highest BCUT2D eigenvalue weighted by molar-refractivity contribution is 8.44. The van der Waals surface area contributed by atoms with Gasteiger partial charge in [0.25, 0.3) is 11.1 Å². The summed E-state index contributed by atoms with van der Waals surface area (Å²) in [6.07, 6.45) is -5.68. The Morgan fingerprint density at radius 2 is 1.90 bits per heavy atom. The number of aromatic amines is 2. The van der Waals surface area contributed by atoms with E-state index in [-0.39, 0.29) is 28.3 Å². The Hall–Kier alpha value is -2.88. The van der Waals surface area contributed by atoms with Crippen molar-refractivity contribution in [3.63, 3.8) is 0 Å². The average Bonchev–Trinajstić information content (AvgIpc) is 3.47. The van der Waals surface area contributed by atoms with Crippen LogP contribution < -0.4 is 16.9 Å². The Morgan fingerprint density at radius 1 is 1.19 bits per heavy atom. The maximum absolute atomic E-state index is 15.1. The van der Waals surface area contributed by atoms with Crippen molar-refractivity contribution in [1.29, 1.82) is 0 Å². The van der Waals surface area contributed by atoms with Gasteiger partial charge in [-0.2, -0.15) is 4.98 Å². The van der Waals surface area contributed by atoms with Crippen LogP contribution in [-0.4, -0.2) is 102 Å². The number of aliphatic hydroxyl groups is 3. The van der Waals surface area contributed by atoms with E-state index < -0.39 is 77.6 Å². The predicted molar refractivity (Wildman–Crippen MR) is 144 cm³/mol. The van der Waals surface area contributed by atoms with Gasteiger partial charge in [-0.25, -0.2) is 23.9 Å². The molecule has 0 radical (unpaired) electrons. The van der Waals surface area contributed by atoms with Gasteiger partial charge in [-0.15, -0.1) is 11.8 Å². The summed E-state index contributed by atoms with van der Waals surface area (Å²) in [6.45, 7) is -5.05. The van der Waals surface area contributed by atoms with Crippen LogP contribution in [0.3, 0.4) is 0 Å². The summed E-state index contributed by atoms with van der Waals surface area (Å²) in [5.74, 6) is -0.187. The molecule has 0 aromatic carbocycles. The summed E-state index contributed by atoms with van der Waals surface area (Å²) in [7, 11) is 0. The van der Waals surface area contributed by atoms with Crippen molar-refractivity contribution < 1.29 is 38.1 Å². The minimum absolute atomic E-state index is 0.0178. The molecule has 18 nitrogen and oxygen atoms in total. The second kappa shape index (κ2) is 9.56. The molecule has 2 saturated heterocycles. The molecule has 42 heavy (non-hydrogen) atoms. The highest BCUT2D eigenvalue weighted by atomic mass is 32.7. The first-order valence-corrected chi connectivity index (χ1v) is 15.9. The van der Waals surface area contributed by atoms with Gasteiger partial charge in [-0.05, 0) is 0 Å². The van der Waals surface area contributed by atoms with Crippen LogP contribution in [0.25, 0.3) is 22.3 Å². The van der Waals surface area contributed by atoms with Gasteiger partial charge in [0, 0.05) is 0 Å². The Balaban J connectivity index is 1.10. The van der Waals surface area contributed by atoms with Crippen LogP contribution in [0.2, 0.25) is 0 Å². The molecule has 224 valence electrons. The van der Waals surface area contributed by atoms with Crippen LogP contribution in [0, 0.1) is 0 Å². The van der Waals surface area contributed by atoms with Gasteiger partial charge in [0.1, 0.15) is 35.4 Å². The molecule has 4 aromatic rings. The van der Waals surface area contributed by atoms with Gasteiger partial charge in [-0.3, -0.25) is 32.8 Å². The molecule has 1 saturated carbocycles. The fourth-order valence-corrected chi connectivity index (χ4v) is 8.58. The fourth-order valence-electron chi connectivity index (χ4n) is 5.24. The predicted octanol–water partition coefficient (Wildman–Crippen LogP) is -1.41. The monoisotopic (exact) mass is 645 g/mol. The molecule has 0 spiro atoms. The van der Waals surface area contributed by atoms with Gasteiger partial charge >= 0.3 is 6.80 Å². The number of nitrogen functional groups attached to an aromatic ring is 1. The molecular weight excluding hydrogens is 624 g/mol. The first-order valence-electron chi connectivity index (χ1n) is 12.2. The number of thiol groups is 1. The summed E-state index contributed by atoms with van der Waals surface area (Å²) in [5, 5.41) is 30.3. The summed E-state index contributed by atoms with van der Waals surface area (Å²) >= 11 is 5.06. The van der Waals surface area contributed by atoms with E-state index in [0.29, 0.717) is 0 Å². The van der Waals surface area contributed by atoms with Crippen molar-refractivity contribution in [3.05, 3.63) is 39.7 Å². The van der Waals surface area contributed by atoms with E-state index in [1.54, 1.807) is 0 Å². The number of alkyl halides is 1. The number of thioether (sulfide) groups is 1. The third-order valence-corrected chi connectivity index (χ3v) is 10.7. The number of H-pyrrole nitrogens is 2. The van der Waals surface area contributed by atoms with Crippen LogP contribution in [0.1, 0.15) is 11.6 Å². The zero-order valence-electron chi connectivity index (χ0n) is 20.8. The van der Waals surface area contributed by atoms with E-state index in [1.165, 1.54) is 10.9 Å². The number of rotatable bonds is 7. The fraction of sp³-hybridized carbons (Fsp3) is 0.500. The quantitative estimate of drug-likeness (QED) is 0.0900. The lowest BCUT2D eigenvalue weighted by atomic mass is 10.1. The molecule has 3 fully saturated rings. The highest BCUT2D eigenvalue weighted by Gasteiger charge is 2.77. The zero-order valence-corrected chi connectivity index (χ0v) is 23.4. The molecule has 10 atom stereocenters. The topological polar surface area (TPSA) is 259 Å². The van der Waals surface area contributed by atoms with E-state index in [1.807, 2.05) is 0 Å². The second-order valence-electron chi connectivity index (χ2n) is 9.90. The minimum atomic E-state index is -4.39. The Labute approximate surface area is 241 Å². The zero-order chi connectivity index (χ0) is 29.7. The summed E-state index contributed by atoms with van der Waals surface area (Å²) in [5.41, 5.74) is 2.63. The largest absolute Gasteiger partial charge is 0.389 e. The summed E-state index contributed by atoms with van der Waals surface area (Å²) in [6, 6.07) is 0. The number of nitrogens with zero attached hydrogens (tertiary/aromatic N) is 6. The number of anilines is 1. The minimum Gasteiger partial charge on any atom is -0.389 e. The van der Waals surface area contributed by atoms with E-state index in [0.717, 1.165) is 29.0 Å². The smallest absolute Gasteiger partial charge is 0.386 e. The number of nitrogens with two attached hydrogens (primary N) is 1. The molecular formula is C20H21FN9O9PS2. The molecule has 7 rings (SSSR count). The van der Waals surface area contributed by atoms with Crippen LogP contribution in [0.15, 0.2) is 28.6 Å². The van der Waals surface area contributed by atoms with Crippen molar-refractivity contribution in [2.45, 2.75) is 53.0 Å². The highest BCUT2D eigenvalue weighted by Crippen LogP contribution is 2.68. The average molecular weight is 646 g/mol. The number of nitrogens with one attached hydrogen (secondary N) is 2. The van der Waals surface area contributed by atoms with Crippen molar-refractivity contribution in [2.75, 3.05) is 12.3 Å². The number of halogens is 1. The number of imidazole rings is 2. The third kappa shape index (κ3) is 4.14. The lowest BCUT2D eigenvalue weighted by molar-refractivity contribution is -0.0502. The Bertz CT molecular complexity index is 1890. The first-order chi connectivity index (χ1) is 19.9. The number of hydrogen-bond donors (Lipinski definition) is 7. The van der Waals surface area contributed by atoms with Crippen LogP contribution in [0.4, 0.5) is 10.3 Å². The molecule has 3 aliphatic rings. The van der Waals surface area contributed by atoms with Crippen molar-refractivity contribution in [1.82, 2.24) is 39.0 Å². The molecule has 22 heteroatoms. The number of ether oxygens (including phenoxy) is 1. The van der Waals surface area contributed by atoms with Crippen molar-refractivity contribution in [3.8, 4) is 0 Å². The van der Waals surface area contributed by atoms with Crippen molar-refractivity contribution >= 4 is 59.1 Å². The Kier molecular flexibility index (Phi) is 6.36. The first kappa shape index (κ1) is 27.9. The molecule has 3 unspecified atom stereocenters. The molecule has 0 amide bonds. The molecule has 2 aliphatic heterocycles. The van der Waals surface area contributed by atoms with Crippen LogP contribution >= 0.6 is 30.8 Å². The van der Waals surface area contributed by atoms with Gasteiger partial charge in [0.05, 0.1) is 30.8 Å². The standard InChI is InChI=1S/C20H21FN9O9PS2/c21-6-9(31)5(38-17(6)29-3-25-7-13(29)23-2-24-15(7)33)1-37-40(36,41)39-11-18(42-12-10(32)20(11,12)35)30-4-26-8-14(30)27-19(22)28-16(8)34/h2-6,9-12,17-18,31-32,35H,1H2,(H,36,41)(H,23,24,33)(H3,22,27,28,34)/t5-,6+,9-,10?,11?,12-,17-,18-,20+,40?/m1/s1. The van der Waals surface area contributed by atoms with Crippen LogP contribution in [-0.2, 0) is 18.3 Å². The number of aromatic nitrogens is 8. The normalized spacial score (nSPS) is 35.5. The van der Waals surface area contributed by atoms with Gasteiger partial charge < -0.3 is 30.8 Å². The SMILES string of the molecule is Nc1nc2c(ncn2[C@@H]2S[C@@H]3C(O)[C@]3(O)C2OP(=O)(S)OC[C@H]2O[C@@H](n3cnc4c(=O)[nH]cnc43)[C@@H](F)[C@@H]2O)c(=O)[nH]1. The number of fused-ring (bicyclic) bond motifs is 3. The third-order valence-electron chi connectivity index (χ3n) is 7.41. The van der Waals surface area contributed by atoms with Crippen molar-refractivity contribution in [2.24, 2.45) is 0 Å². The van der Waals surface area contributed by atoms with E-state index in [2.05, 4.69) is 42.2 Å².